The Labute approximate surface area is 107 Å². The fourth-order valence-corrected chi connectivity index (χ4v) is 2.57. The van der Waals surface area contributed by atoms with Gasteiger partial charge in [-0.3, -0.25) is 4.90 Å². The summed E-state index contributed by atoms with van der Waals surface area (Å²) in [5.74, 6) is 0. The Morgan fingerprint density at radius 1 is 1.00 bits per heavy atom. The maximum Gasteiger partial charge on any atom is 0.0599 e. The standard InChI is InChI=1S/C14H30N2O/c1-3-5-7-9-16-11-10-15(8-6-4-2)12-14(16)13-17/h14,17H,3-13H2,1-2H3. The fraction of sp³-hybridized carbons (Fsp3) is 1.00. The van der Waals surface area contributed by atoms with E-state index in [-0.39, 0.29) is 0 Å². The first-order valence-electron chi connectivity index (χ1n) is 7.39. The van der Waals surface area contributed by atoms with Crippen molar-refractivity contribution in [3.63, 3.8) is 0 Å². The van der Waals surface area contributed by atoms with E-state index in [1.807, 2.05) is 0 Å². The van der Waals surface area contributed by atoms with Crippen LogP contribution in [0.4, 0.5) is 0 Å². The Morgan fingerprint density at radius 2 is 1.76 bits per heavy atom. The second-order valence-electron chi connectivity index (χ2n) is 5.23. The fourth-order valence-electron chi connectivity index (χ4n) is 2.57. The molecule has 1 unspecified atom stereocenters. The van der Waals surface area contributed by atoms with Crippen LogP contribution in [-0.2, 0) is 0 Å². The molecule has 1 atom stereocenters. The quantitative estimate of drug-likeness (QED) is 0.659. The highest BCUT2D eigenvalue weighted by Crippen LogP contribution is 2.12. The minimum Gasteiger partial charge on any atom is -0.395 e. The molecule has 1 aliphatic rings. The summed E-state index contributed by atoms with van der Waals surface area (Å²) >= 11 is 0. The Bertz CT molecular complexity index is 187. The molecule has 0 amide bonds. The predicted molar refractivity (Wildman–Crippen MR) is 73.3 cm³/mol. The van der Waals surface area contributed by atoms with Gasteiger partial charge in [-0.25, -0.2) is 0 Å². The van der Waals surface area contributed by atoms with Crippen LogP contribution in [0.15, 0.2) is 0 Å². The van der Waals surface area contributed by atoms with Crippen LogP contribution >= 0.6 is 0 Å². The highest BCUT2D eigenvalue weighted by atomic mass is 16.3. The summed E-state index contributed by atoms with van der Waals surface area (Å²) in [4.78, 5) is 5.00. The molecule has 1 heterocycles. The van der Waals surface area contributed by atoms with Gasteiger partial charge in [0.2, 0.25) is 0 Å². The zero-order valence-corrected chi connectivity index (χ0v) is 11.7. The third kappa shape index (κ3) is 5.36. The van der Waals surface area contributed by atoms with Gasteiger partial charge in [0.15, 0.2) is 0 Å². The molecular formula is C14H30N2O. The predicted octanol–water partition coefficient (Wildman–Crippen LogP) is 1.96. The first-order chi connectivity index (χ1) is 8.31. The van der Waals surface area contributed by atoms with Crippen LogP contribution < -0.4 is 0 Å². The second kappa shape index (κ2) is 8.90. The molecule has 3 nitrogen and oxygen atoms in total. The Morgan fingerprint density at radius 3 is 2.41 bits per heavy atom. The molecule has 0 aliphatic carbocycles. The highest BCUT2D eigenvalue weighted by molar-refractivity contribution is 4.81. The Balaban J connectivity index is 2.28. The summed E-state index contributed by atoms with van der Waals surface area (Å²) in [6.45, 7) is 10.5. The molecule has 1 aliphatic heterocycles. The summed E-state index contributed by atoms with van der Waals surface area (Å²) < 4.78 is 0. The lowest BCUT2D eigenvalue weighted by atomic mass is 10.1. The molecular weight excluding hydrogens is 212 g/mol. The van der Waals surface area contributed by atoms with Crippen molar-refractivity contribution in [1.82, 2.24) is 9.80 Å². The largest absolute Gasteiger partial charge is 0.395 e. The average molecular weight is 242 g/mol. The minimum atomic E-state index is 0.314. The van der Waals surface area contributed by atoms with Crippen molar-refractivity contribution in [3.05, 3.63) is 0 Å². The smallest absolute Gasteiger partial charge is 0.0599 e. The van der Waals surface area contributed by atoms with Gasteiger partial charge in [-0.15, -0.1) is 0 Å². The molecule has 17 heavy (non-hydrogen) atoms. The first-order valence-corrected chi connectivity index (χ1v) is 7.39. The number of aliphatic hydroxyl groups is 1. The lowest BCUT2D eigenvalue weighted by Crippen LogP contribution is -2.54. The molecule has 1 N–H and O–H groups in total. The molecule has 0 aromatic rings. The topological polar surface area (TPSA) is 26.7 Å². The molecule has 0 radical (unpaired) electrons. The summed E-state index contributed by atoms with van der Waals surface area (Å²) in [6.07, 6.45) is 6.42. The maximum atomic E-state index is 9.49. The number of hydrogen-bond donors (Lipinski definition) is 1. The van der Waals surface area contributed by atoms with E-state index in [4.69, 9.17) is 0 Å². The summed E-state index contributed by atoms with van der Waals surface area (Å²) in [5.41, 5.74) is 0. The van der Waals surface area contributed by atoms with Crippen molar-refractivity contribution in [3.8, 4) is 0 Å². The molecule has 0 saturated carbocycles. The van der Waals surface area contributed by atoms with Crippen LogP contribution in [0.1, 0.15) is 46.0 Å². The van der Waals surface area contributed by atoms with Crippen molar-refractivity contribution in [2.45, 2.75) is 52.0 Å². The van der Waals surface area contributed by atoms with Gasteiger partial charge in [0.25, 0.3) is 0 Å². The summed E-state index contributed by atoms with van der Waals surface area (Å²) in [6, 6.07) is 0.373. The lowest BCUT2D eigenvalue weighted by Gasteiger charge is -2.40. The monoisotopic (exact) mass is 242 g/mol. The van der Waals surface area contributed by atoms with Crippen LogP contribution in [0.2, 0.25) is 0 Å². The molecule has 0 aromatic heterocycles. The van der Waals surface area contributed by atoms with Crippen molar-refractivity contribution >= 4 is 0 Å². The van der Waals surface area contributed by atoms with E-state index in [0.717, 1.165) is 13.1 Å². The number of piperazine rings is 1. The SMILES string of the molecule is CCCCCN1CCN(CCCC)CC1CO. The molecule has 3 heteroatoms. The van der Waals surface area contributed by atoms with Gasteiger partial charge in [0, 0.05) is 25.7 Å². The van der Waals surface area contributed by atoms with Crippen LogP contribution in [0.25, 0.3) is 0 Å². The number of unbranched alkanes of at least 4 members (excludes halogenated alkanes) is 3. The highest BCUT2D eigenvalue weighted by Gasteiger charge is 2.25. The van der Waals surface area contributed by atoms with Gasteiger partial charge >= 0.3 is 0 Å². The summed E-state index contributed by atoms with van der Waals surface area (Å²) in [7, 11) is 0. The second-order valence-corrected chi connectivity index (χ2v) is 5.23. The number of rotatable bonds is 8. The van der Waals surface area contributed by atoms with E-state index in [1.165, 1.54) is 51.7 Å². The lowest BCUT2D eigenvalue weighted by molar-refractivity contribution is 0.0385. The molecule has 0 aromatic carbocycles. The van der Waals surface area contributed by atoms with E-state index in [0.29, 0.717) is 12.6 Å². The molecule has 1 rings (SSSR count). The molecule has 0 bridgehead atoms. The maximum absolute atomic E-state index is 9.49. The van der Waals surface area contributed by atoms with Gasteiger partial charge in [0.1, 0.15) is 0 Å². The zero-order chi connectivity index (χ0) is 12.5. The van der Waals surface area contributed by atoms with Crippen LogP contribution in [0.5, 0.6) is 0 Å². The third-order valence-electron chi connectivity index (χ3n) is 3.78. The molecule has 1 saturated heterocycles. The van der Waals surface area contributed by atoms with Gasteiger partial charge in [0.05, 0.1) is 6.61 Å². The molecule has 1 fully saturated rings. The van der Waals surface area contributed by atoms with E-state index in [9.17, 15) is 5.11 Å². The number of aliphatic hydroxyl groups excluding tert-OH is 1. The summed E-state index contributed by atoms with van der Waals surface area (Å²) in [5, 5.41) is 9.49. The average Bonchev–Trinajstić information content (AvgIpc) is 2.37. The normalized spacial score (nSPS) is 23.1. The first kappa shape index (κ1) is 14.9. The van der Waals surface area contributed by atoms with Gasteiger partial charge in [-0.05, 0) is 25.9 Å². The zero-order valence-electron chi connectivity index (χ0n) is 11.7. The third-order valence-corrected chi connectivity index (χ3v) is 3.78. The van der Waals surface area contributed by atoms with Crippen molar-refractivity contribution in [2.24, 2.45) is 0 Å². The molecule has 0 spiro atoms. The van der Waals surface area contributed by atoms with Crippen LogP contribution in [0, 0.1) is 0 Å². The van der Waals surface area contributed by atoms with E-state index in [1.54, 1.807) is 0 Å². The minimum absolute atomic E-state index is 0.314. The van der Waals surface area contributed by atoms with Crippen molar-refractivity contribution in [1.29, 1.82) is 0 Å². The van der Waals surface area contributed by atoms with E-state index < -0.39 is 0 Å². The van der Waals surface area contributed by atoms with E-state index in [2.05, 4.69) is 23.6 Å². The molecule has 102 valence electrons. The number of nitrogens with zero attached hydrogens (tertiary/aromatic N) is 2. The van der Waals surface area contributed by atoms with Crippen LogP contribution in [-0.4, -0.2) is 60.3 Å². The Hall–Kier alpha value is -0.120. The Kier molecular flexibility index (Phi) is 7.82. The van der Waals surface area contributed by atoms with Crippen molar-refractivity contribution < 1.29 is 5.11 Å². The number of hydrogen-bond acceptors (Lipinski definition) is 3. The van der Waals surface area contributed by atoms with E-state index >= 15 is 0 Å². The van der Waals surface area contributed by atoms with Gasteiger partial charge in [-0.1, -0.05) is 33.1 Å². The van der Waals surface area contributed by atoms with Crippen molar-refractivity contribution in [2.75, 3.05) is 39.3 Å². The van der Waals surface area contributed by atoms with Gasteiger partial charge in [-0.2, -0.15) is 0 Å². The van der Waals surface area contributed by atoms with Crippen LogP contribution in [0.3, 0.4) is 0 Å². The van der Waals surface area contributed by atoms with Gasteiger partial charge < -0.3 is 10.0 Å².